The highest BCUT2D eigenvalue weighted by Gasteiger charge is 2.23. The molecular weight excluding hydrogens is 336 g/mol. The highest BCUT2D eigenvalue weighted by atomic mass is 16.5. The first-order chi connectivity index (χ1) is 12.4. The van der Waals surface area contributed by atoms with Gasteiger partial charge in [0.2, 0.25) is 0 Å². The van der Waals surface area contributed by atoms with Crippen molar-refractivity contribution in [3.8, 4) is 0 Å². The number of esters is 2. The van der Waals surface area contributed by atoms with Crippen LogP contribution in [0.25, 0.3) is 0 Å². The van der Waals surface area contributed by atoms with E-state index in [-0.39, 0.29) is 5.69 Å². The second-order valence-corrected chi connectivity index (χ2v) is 5.79. The van der Waals surface area contributed by atoms with Gasteiger partial charge in [-0.1, -0.05) is 19.1 Å². The van der Waals surface area contributed by atoms with E-state index < -0.39 is 24.5 Å². The topological polar surface area (TPSA) is 97.5 Å². The largest absolute Gasteiger partial charge is 0.465 e. The molecule has 0 spiro atoms. The first-order valence-electron chi connectivity index (χ1n) is 8.20. The summed E-state index contributed by atoms with van der Waals surface area (Å²) in [6.45, 7) is 4.88. The average Bonchev–Trinajstić information content (AvgIpc) is 2.94. The summed E-state index contributed by atoms with van der Waals surface area (Å²) < 4.78 is 9.73. The number of carbonyl (C=O) groups is 3. The third-order valence-corrected chi connectivity index (χ3v) is 4.01. The number of carbonyl (C=O) groups excluding carboxylic acids is 3. The van der Waals surface area contributed by atoms with Gasteiger partial charge in [0, 0.05) is 11.4 Å². The Bertz CT molecular complexity index is 821. The number of H-pyrrole nitrogens is 1. The van der Waals surface area contributed by atoms with Crippen molar-refractivity contribution in [1.82, 2.24) is 4.98 Å². The number of hydrogen-bond acceptors (Lipinski definition) is 5. The first kappa shape index (κ1) is 19.2. The number of amides is 1. The summed E-state index contributed by atoms with van der Waals surface area (Å²) in [4.78, 5) is 38.7. The Kier molecular flexibility index (Phi) is 6.16. The number of aromatic nitrogens is 1. The van der Waals surface area contributed by atoms with Crippen molar-refractivity contribution in [2.45, 2.75) is 27.2 Å². The molecule has 7 nitrogen and oxygen atoms in total. The SMILES string of the molecule is CCc1ccc(NC(=O)COC(=O)c2[nH]c(C)c(C(=O)OC)c2C)cc1. The molecule has 1 aromatic heterocycles. The van der Waals surface area contributed by atoms with Crippen LogP contribution in [0.5, 0.6) is 0 Å². The van der Waals surface area contributed by atoms with E-state index >= 15 is 0 Å². The van der Waals surface area contributed by atoms with E-state index in [1.807, 2.05) is 19.1 Å². The van der Waals surface area contributed by atoms with Crippen molar-refractivity contribution in [2.75, 3.05) is 19.0 Å². The lowest BCUT2D eigenvalue weighted by Crippen LogP contribution is -2.21. The lowest BCUT2D eigenvalue weighted by atomic mass is 10.1. The van der Waals surface area contributed by atoms with E-state index in [0.29, 0.717) is 22.5 Å². The van der Waals surface area contributed by atoms with Gasteiger partial charge in [-0.15, -0.1) is 0 Å². The van der Waals surface area contributed by atoms with Gasteiger partial charge in [0.1, 0.15) is 5.69 Å². The number of nitrogens with one attached hydrogen (secondary N) is 2. The van der Waals surface area contributed by atoms with Crippen molar-refractivity contribution in [2.24, 2.45) is 0 Å². The summed E-state index contributed by atoms with van der Waals surface area (Å²) >= 11 is 0. The van der Waals surface area contributed by atoms with Gasteiger partial charge in [0.05, 0.1) is 12.7 Å². The number of benzene rings is 1. The standard InChI is InChI=1S/C19H22N2O5/c1-5-13-6-8-14(9-7-13)21-15(22)10-26-19(24)17-11(2)16(12(3)20-17)18(23)25-4/h6-9,20H,5,10H2,1-4H3,(H,21,22). The van der Waals surface area contributed by atoms with Crippen molar-refractivity contribution >= 4 is 23.5 Å². The van der Waals surface area contributed by atoms with Crippen LogP contribution in [0.15, 0.2) is 24.3 Å². The lowest BCUT2D eigenvalue weighted by Gasteiger charge is -2.07. The van der Waals surface area contributed by atoms with Gasteiger partial charge in [-0.2, -0.15) is 0 Å². The molecule has 1 heterocycles. The minimum atomic E-state index is -0.711. The van der Waals surface area contributed by atoms with Crippen LogP contribution in [0.1, 0.15) is 44.6 Å². The van der Waals surface area contributed by atoms with Gasteiger partial charge in [-0.3, -0.25) is 4.79 Å². The molecule has 0 fully saturated rings. The average molecular weight is 358 g/mol. The summed E-state index contributed by atoms with van der Waals surface area (Å²) in [7, 11) is 1.27. The maximum atomic E-state index is 12.2. The summed E-state index contributed by atoms with van der Waals surface area (Å²) in [5, 5.41) is 2.66. The maximum Gasteiger partial charge on any atom is 0.355 e. The monoisotopic (exact) mass is 358 g/mol. The Morgan fingerprint density at radius 3 is 2.31 bits per heavy atom. The quantitative estimate of drug-likeness (QED) is 0.774. The molecule has 0 aliphatic heterocycles. The van der Waals surface area contributed by atoms with Crippen molar-refractivity contribution < 1.29 is 23.9 Å². The number of rotatable bonds is 6. The number of aryl methyl sites for hydroxylation is 2. The molecule has 2 N–H and O–H groups in total. The molecule has 2 aromatic rings. The number of anilines is 1. The van der Waals surface area contributed by atoms with E-state index in [1.165, 1.54) is 7.11 Å². The van der Waals surface area contributed by atoms with Gasteiger partial charge >= 0.3 is 11.9 Å². The molecular formula is C19H22N2O5. The normalized spacial score (nSPS) is 10.3. The summed E-state index contributed by atoms with van der Waals surface area (Å²) in [5.41, 5.74) is 3.14. The van der Waals surface area contributed by atoms with Gasteiger partial charge in [-0.05, 0) is 43.5 Å². The fourth-order valence-electron chi connectivity index (χ4n) is 2.59. The molecule has 1 amide bonds. The van der Waals surface area contributed by atoms with Crippen molar-refractivity contribution in [1.29, 1.82) is 0 Å². The summed E-state index contributed by atoms with van der Waals surface area (Å²) in [6, 6.07) is 7.42. The number of hydrogen-bond donors (Lipinski definition) is 2. The van der Waals surface area contributed by atoms with E-state index in [1.54, 1.807) is 26.0 Å². The van der Waals surface area contributed by atoms with Crippen LogP contribution in [-0.4, -0.2) is 36.5 Å². The van der Waals surface area contributed by atoms with E-state index in [4.69, 9.17) is 9.47 Å². The zero-order valence-electron chi connectivity index (χ0n) is 15.3. The van der Waals surface area contributed by atoms with Crippen LogP contribution >= 0.6 is 0 Å². The molecule has 2 rings (SSSR count). The fraction of sp³-hybridized carbons (Fsp3) is 0.316. The Labute approximate surface area is 151 Å². The van der Waals surface area contributed by atoms with Crippen LogP contribution in [0.2, 0.25) is 0 Å². The van der Waals surface area contributed by atoms with E-state index in [9.17, 15) is 14.4 Å². The van der Waals surface area contributed by atoms with Gasteiger partial charge in [0.25, 0.3) is 5.91 Å². The molecule has 1 aromatic carbocycles. The van der Waals surface area contributed by atoms with Gasteiger partial charge in [0.15, 0.2) is 6.61 Å². The number of methoxy groups -OCH3 is 1. The molecule has 0 bridgehead atoms. The maximum absolute atomic E-state index is 12.2. The predicted molar refractivity (Wildman–Crippen MR) is 96.3 cm³/mol. The van der Waals surface area contributed by atoms with Gasteiger partial charge < -0.3 is 19.8 Å². The molecule has 0 unspecified atom stereocenters. The number of ether oxygens (including phenoxy) is 2. The Morgan fingerprint density at radius 1 is 1.08 bits per heavy atom. The molecule has 0 saturated carbocycles. The fourth-order valence-corrected chi connectivity index (χ4v) is 2.59. The predicted octanol–water partition coefficient (Wildman–Crippen LogP) is 2.78. The highest BCUT2D eigenvalue weighted by molar-refractivity contribution is 5.99. The molecule has 26 heavy (non-hydrogen) atoms. The lowest BCUT2D eigenvalue weighted by molar-refractivity contribution is -0.119. The number of aromatic amines is 1. The molecule has 0 atom stereocenters. The molecule has 138 valence electrons. The van der Waals surface area contributed by atoms with Crippen molar-refractivity contribution in [3.05, 3.63) is 52.3 Å². The van der Waals surface area contributed by atoms with Gasteiger partial charge in [-0.25, -0.2) is 9.59 Å². The Balaban J connectivity index is 1.97. The third kappa shape index (κ3) is 4.30. The van der Waals surface area contributed by atoms with E-state index in [2.05, 4.69) is 10.3 Å². The highest BCUT2D eigenvalue weighted by Crippen LogP contribution is 2.19. The summed E-state index contributed by atoms with van der Waals surface area (Å²) in [5.74, 6) is -1.70. The second-order valence-electron chi connectivity index (χ2n) is 5.79. The molecule has 0 aliphatic rings. The Hall–Kier alpha value is -3.09. The molecule has 0 radical (unpaired) electrons. The van der Waals surface area contributed by atoms with Crippen molar-refractivity contribution in [3.63, 3.8) is 0 Å². The second kappa shape index (κ2) is 8.33. The third-order valence-electron chi connectivity index (χ3n) is 4.01. The molecule has 0 aliphatic carbocycles. The summed E-state index contributed by atoms with van der Waals surface area (Å²) in [6.07, 6.45) is 0.911. The van der Waals surface area contributed by atoms with Crippen LogP contribution in [0.3, 0.4) is 0 Å². The Morgan fingerprint density at radius 2 is 1.73 bits per heavy atom. The van der Waals surface area contributed by atoms with Crippen LogP contribution in [0, 0.1) is 13.8 Å². The first-order valence-corrected chi connectivity index (χ1v) is 8.20. The zero-order valence-corrected chi connectivity index (χ0v) is 15.3. The smallest absolute Gasteiger partial charge is 0.355 e. The minimum Gasteiger partial charge on any atom is -0.465 e. The van der Waals surface area contributed by atoms with Crippen LogP contribution < -0.4 is 5.32 Å². The molecule has 0 saturated heterocycles. The molecule has 7 heteroatoms. The van der Waals surface area contributed by atoms with Crippen LogP contribution in [-0.2, 0) is 20.7 Å². The minimum absolute atomic E-state index is 0.128. The zero-order chi connectivity index (χ0) is 19.3. The van der Waals surface area contributed by atoms with Crippen LogP contribution in [0.4, 0.5) is 5.69 Å². The van der Waals surface area contributed by atoms with E-state index in [0.717, 1.165) is 12.0 Å².